The van der Waals surface area contributed by atoms with Crippen molar-refractivity contribution in [2.45, 2.75) is 0 Å². The van der Waals surface area contributed by atoms with Crippen LogP contribution in [0.15, 0.2) is 36.4 Å². The van der Waals surface area contributed by atoms with Gasteiger partial charge in [0, 0.05) is 0 Å². The van der Waals surface area contributed by atoms with E-state index < -0.39 is 5.82 Å². The smallest absolute Gasteiger partial charge is 0.165 e. The van der Waals surface area contributed by atoms with Crippen molar-refractivity contribution in [3.63, 3.8) is 0 Å². The number of phenols is 1. The molecule has 0 fully saturated rings. The van der Waals surface area contributed by atoms with Crippen LogP contribution in [0, 0.1) is 5.82 Å². The maximum atomic E-state index is 13.4. The lowest BCUT2D eigenvalue weighted by atomic mass is 10.0. The highest BCUT2D eigenvalue weighted by Gasteiger charge is 2.13. The average Bonchev–Trinajstić information content (AvgIpc) is 2.41. The lowest BCUT2D eigenvalue weighted by Crippen LogP contribution is -1.93. The number of ether oxygens (including phenoxy) is 2. The van der Waals surface area contributed by atoms with Crippen molar-refractivity contribution >= 4 is 0 Å². The molecule has 0 saturated carbocycles. The number of phenolic OH excluding ortho intramolecular Hbond substituents is 1. The Morgan fingerprint density at radius 2 is 1.61 bits per heavy atom. The van der Waals surface area contributed by atoms with Crippen LogP contribution in [0.3, 0.4) is 0 Å². The molecule has 0 aliphatic rings. The van der Waals surface area contributed by atoms with Crippen molar-refractivity contribution < 1.29 is 19.0 Å². The fourth-order valence-electron chi connectivity index (χ4n) is 1.80. The normalized spacial score (nSPS) is 10.2. The van der Waals surface area contributed by atoms with Crippen LogP contribution in [0.4, 0.5) is 4.39 Å². The zero-order chi connectivity index (χ0) is 13.1. The Labute approximate surface area is 104 Å². The number of hydrogen-bond donors (Lipinski definition) is 1. The zero-order valence-corrected chi connectivity index (χ0v) is 10.1. The van der Waals surface area contributed by atoms with Gasteiger partial charge < -0.3 is 14.6 Å². The SMILES string of the molecule is COc1cccc(OC)c1-c1ccc(O)c(F)c1. The molecule has 0 atom stereocenters. The van der Waals surface area contributed by atoms with Gasteiger partial charge in [-0.15, -0.1) is 0 Å². The first kappa shape index (κ1) is 12.2. The lowest BCUT2D eigenvalue weighted by Gasteiger charge is -2.13. The summed E-state index contributed by atoms with van der Waals surface area (Å²) in [6.07, 6.45) is 0. The van der Waals surface area contributed by atoms with Crippen molar-refractivity contribution in [2.24, 2.45) is 0 Å². The van der Waals surface area contributed by atoms with Gasteiger partial charge in [0.25, 0.3) is 0 Å². The summed E-state index contributed by atoms with van der Waals surface area (Å²) in [5.74, 6) is 0.104. The summed E-state index contributed by atoms with van der Waals surface area (Å²) < 4.78 is 23.9. The van der Waals surface area contributed by atoms with Crippen LogP contribution in [0.1, 0.15) is 0 Å². The Bertz CT molecular complexity index is 545. The molecule has 0 unspecified atom stereocenters. The van der Waals surface area contributed by atoms with Crippen LogP contribution in [-0.2, 0) is 0 Å². The molecule has 0 bridgehead atoms. The number of halogens is 1. The first-order valence-corrected chi connectivity index (χ1v) is 5.37. The molecule has 4 heteroatoms. The summed E-state index contributed by atoms with van der Waals surface area (Å²) in [7, 11) is 3.07. The summed E-state index contributed by atoms with van der Waals surface area (Å²) in [5.41, 5.74) is 1.24. The molecule has 0 aromatic heterocycles. The van der Waals surface area contributed by atoms with Gasteiger partial charge in [-0.1, -0.05) is 12.1 Å². The second-order valence-corrected chi connectivity index (χ2v) is 3.70. The van der Waals surface area contributed by atoms with Gasteiger partial charge >= 0.3 is 0 Å². The highest BCUT2D eigenvalue weighted by Crippen LogP contribution is 2.39. The fraction of sp³-hybridized carbons (Fsp3) is 0.143. The van der Waals surface area contributed by atoms with Gasteiger partial charge in [0.1, 0.15) is 11.5 Å². The maximum absolute atomic E-state index is 13.4. The molecule has 2 rings (SSSR count). The average molecular weight is 248 g/mol. The van der Waals surface area contributed by atoms with Crippen molar-refractivity contribution in [3.05, 3.63) is 42.2 Å². The van der Waals surface area contributed by atoms with Crippen molar-refractivity contribution in [2.75, 3.05) is 14.2 Å². The number of methoxy groups -OCH3 is 2. The van der Waals surface area contributed by atoms with Crippen LogP contribution >= 0.6 is 0 Å². The zero-order valence-electron chi connectivity index (χ0n) is 10.1. The van der Waals surface area contributed by atoms with E-state index in [0.29, 0.717) is 22.6 Å². The second kappa shape index (κ2) is 4.96. The van der Waals surface area contributed by atoms with Gasteiger partial charge in [0.2, 0.25) is 0 Å². The summed E-state index contributed by atoms with van der Waals surface area (Å²) in [5, 5.41) is 9.21. The first-order valence-electron chi connectivity index (χ1n) is 5.37. The summed E-state index contributed by atoms with van der Waals surface area (Å²) in [6.45, 7) is 0. The Morgan fingerprint density at radius 1 is 1.00 bits per heavy atom. The summed E-state index contributed by atoms with van der Waals surface area (Å²) in [6, 6.07) is 9.48. The summed E-state index contributed by atoms with van der Waals surface area (Å²) >= 11 is 0. The van der Waals surface area contributed by atoms with Gasteiger partial charge in [0.15, 0.2) is 11.6 Å². The van der Waals surface area contributed by atoms with Crippen molar-refractivity contribution in [1.82, 2.24) is 0 Å². The molecule has 0 aliphatic carbocycles. The largest absolute Gasteiger partial charge is 0.505 e. The van der Waals surface area contributed by atoms with E-state index in [2.05, 4.69) is 0 Å². The number of rotatable bonds is 3. The monoisotopic (exact) mass is 248 g/mol. The Balaban J connectivity index is 2.64. The molecule has 3 nitrogen and oxygen atoms in total. The summed E-state index contributed by atoms with van der Waals surface area (Å²) in [4.78, 5) is 0. The van der Waals surface area contributed by atoms with E-state index in [1.54, 1.807) is 24.3 Å². The van der Waals surface area contributed by atoms with E-state index in [0.717, 1.165) is 0 Å². The third kappa shape index (κ3) is 2.09. The number of hydrogen-bond acceptors (Lipinski definition) is 3. The molecule has 0 radical (unpaired) electrons. The van der Waals surface area contributed by atoms with E-state index in [9.17, 15) is 9.50 Å². The van der Waals surface area contributed by atoms with Gasteiger partial charge in [0.05, 0.1) is 19.8 Å². The molecule has 94 valence electrons. The minimum Gasteiger partial charge on any atom is -0.505 e. The second-order valence-electron chi connectivity index (χ2n) is 3.70. The van der Waals surface area contributed by atoms with E-state index in [-0.39, 0.29) is 5.75 Å². The van der Waals surface area contributed by atoms with E-state index in [1.165, 1.54) is 26.4 Å². The Morgan fingerprint density at radius 3 is 2.11 bits per heavy atom. The molecule has 0 heterocycles. The first-order chi connectivity index (χ1) is 8.67. The van der Waals surface area contributed by atoms with Crippen LogP contribution < -0.4 is 9.47 Å². The molecule has 1 N–H and O–H groups in total. The topological polar surface area (TPSA) is 38.7 Å². The predicted molar refractivity (Wildman–Crippen MR) is 66.6 cm³/mol. The molecular weight excluding hydrogens is 235 g/mol. The number of aromatic hydroxyl groups is 1. The lowest BCUT2D eigenvalue weighted by molar-refractivity contribution is 0.397. The third-order valence-electron chi connectivity index (χ3n) is 2.66. The molecule has 2 aromatic rings. The van der Waals surface area contributed by atoms with Crippen LogP contribution in [0.2, 0.25) is 0 Å². The van der Waals surface area contributed by atoms with E-state index in [1.807, 2.05) is 0 Å². The molecule has 2 aromatic carbocycles. The highest BCUT2D eigenvalue weighted by molar-refractivity contribution is 5.77. The standard InChI is InChI=1S/C14H13FO3/c1-17-12-4-3-5-13(18-2)14(12)9-6-7-11(16)10(15)8-9/h3-8,16H,1-2H3. The van der Waals surface area contributed by atoms with Crippen LogP contribution in [-0.4, -0.2) is 19.3 Å². The van der Waals surface area contributed by atoms with Gasteiger partial charge in [-0.25, -0.2) is 4.39 Å². The molecule has 18 heavy (non-hydrogen) atoms. The molecule has 0 spiro atoms. The minimum atomic E-state index is -0.680. The van der Waals surface area contributed by atoms with Crippen molar-refractivity contribution in [3.8, 4) is 28.4 Å². The molecule has 0 amide bonds. The Kier molecular flexibility index (Phi) is 3.37. The number of benzene rings is 2. The van der Waals surface area contributed by atoms with Crippen LogP contribution in [0.25, 0.3) is 11.1 Å². The quantitative estimate of drug-likeness (QED) is 0.906. The van der Waals surface area contributed by atoms with Gasteiger partial charge in [-0.2, -0.15) is 0 Å². The fourth-order valence-corrected chi connectivity index (χ4v) is 1.80. The van der Waals surface area contributed by atoms with Gasteiger partial charge in [-0.3, -0.25) is 0 Å². The molecule has 0 saturated heterocycles. The predicted octanol–water partition coefficient (Wildman–Crippen LogP) is 3.22. The van der Waals surface area contributed by atoms with Crippen molar-refractivity contribution in [1.29, 1.82) is 0 Å². The minimum absolute atomic E-state index is 0.382. The van der Waals surface area contributed by atoms with Crippen LogP contribution in [0.5, 0.6) is 17.2 Å². The van der Waals surface area contributed by atoms with E-state index >= 15 is 0 Å². The molecular formula is C14H13FO3. The van der Waals surface area contributed by atoms with E-state index in [4.69, 9.17) is 9.47 Å². The highest BCUT2D eigenvalue weighted by atomic mass is 19.1. The maximum Gasteiger partial charge on any atom is 0.165 e. The Hall–Kier alpha value is -2.23. The van der Waals surface area contributed by atoms with Gasteiger partial charge in [-0.05, 0) is 29.8 Å². The molecule has 0 aliphatic heterocycles. The third-order valence-corrected chi connectivity index (χ3v) is 2.66.